The van der Waals surface area contributed by atoms with Crippen LogP contribution in [0.1, 0.15) is 170 Å². The molecule has 3 aliphatic heterocycles. The zero-order valence-corrected chi connectivity index (χ0v) is 60.3. The lowest BCUT2D eigenvalue weighted by Crippen LogP contribution is -2.38. The fourth-order valence-electron chi connectivity index (χ4n) is 12.1. The van der Waals surface area contributed by atoms with E-state index < -0.39 is 30.0 Å². The summed E-state index contributed by atoms with van der Waals surface area (Å²) in [4.78, 5) is 40.4. The highest BCUT2D eigenvalue weighted by Gasteiger charge is 2.30. The van der Waals surface area contributed by atoms with Gasteiger partial charge in [-0.2, -0.15) is 21.9 Å². The van der Waals surface area contributed by atoms with Gasteiger partial charge in [0.05, 0.1) is 72.4 Å². The van der Waals surface area contributed by atoms with Gasteiger partial charge in [-0.3, -0.25) is 18.6 Å². The second-order valence-corrected chi connectivity index (χ2v) is 31.9. The number of sulfonamides is 1. The minimum atomic E-state index is -3.62. The first-order chi connectivity index (χ1) is 49.1. The summed E-state index contributed by atoms with van der Waals surface area (Å²) in [5.74, 6) is 4.69. The monoisotopic (exact) mass is 1470 g/mol. The molecule has 0 radical (unpaired) electrons. The number of imidazole rings is 1. The average molecular weight is 1470 g/mol. The van der Waals surface area contributed by atoms with Gasteiger partial charge < -0.3 is 38.9 Å². The topological polar surface area (TPSA) is 297 Å². The van der Waals surface area contributed by atoms with Gasteiger partial charge in [0.25, 0.3) is 20.1 Å². The maximum atomic E-state index is 12.4. The van der Waals surface area contributed by atoms with Crippen LogP contribution in [-0.2, 0) is 58.0 Å². The van der Waals surface area contributed by atoms with Crippen molar-refractivity contribution in [3.05, 3.63) is 215 Å². The lowest BCUT2D eigenvalue weighted by atomic mass is 9.83. The number of sulfone groups is 1. The maximum Gasteiger partial charge on any atom is 0.297 e. The summed E-state index contributed by atoms with van der Waals surface area (Å²) < 4.78 is 104. The first-order valence-electron chi connectivity index (χ1n) is 34.7. The molecular formula is C79H95N5O16S3. The van der Waals surface area contributed by atoms with Gasteiger partial charge in [0.1, 0.15) is 53.0 Å². The van der Waals surface area contributed by atoms with E-state index >= 15 is 0 Å². The van der Waals surface area contributed by atoms with Crippen LogP contribution in [-0.4, -0.2) is 127 Å². The van der Waals surface area contributed by atoms with Gasteiger partial charge in [-0.05, 0) is 210 Å². The Morgan fingerprint density at radius 1 is 0.534 bits per heavy atom. The first kappa shape index (κ1) is 78.7. The lowest BCUT2D eigenvalue weighted by molar-refractivity contribution is -0.121. The van der Waals surface area contributed by atoms with E-state index in [1.807, 2.05) is 73.8 Å². The largest absolute Gasteiger partial charge is 0.508 e. The predicted molar refractivity (Wildman–Crippen MR) is 395 cm³/mol. The molecule has 0 amide bonds. The van der Waals surface area contributed by atoms with Crippen molar-refractivity contribution in [3.8, 4) is 17.2 Å². The van der Waals surface area contributed by atoms with E-state index in [0.717, 1.165) is 115 Å². The number of hydrazone groups is 1. The quantitative estimate of drug-likeness (QED) is 0.0433. The van der Waals surface area contributed by atoms with E-state index in [9.17, 15) is 39.6 Å². The number of pyridine rings is 1. The van der Waals surface area contributed by atoms with Crippen molar-refractivity contribution in [3.63, 3.8) is 0 Å². The van der Waals surface area contributed by atoms with Crippen molar-refractivity contribution in [2.45, 2.75) is 175 Å². The molecule has 4 saturated carbocycles. The van der Waals surface area contributed by atoms with Gasteiger partial charge in [0.15, 0.2) is 16.1 Å². The lowest BCUT2D eigenvalue weighted by Gasteiger charge is -2.27. The third-order valence-corrected chi connectivity index (χ3v) is 22.8. The van der Waals surface area contributed by atoms with E-state index in [2.05, 4.69) is 39.2 Å². The number of hydrogen-bond acceptors (Lipinski definition) is 19. The normalized spacial score (nSPS) is 18.0. The fraction of sp³-hybridized carbons (Fsp3) is 0.405. The number of nitrogens with zero attached hydrogens (tertiary/aromatic N) is 3. The van der Waals surface area contributed by atoms with E-state index in [1.165, 1.54) is 35.1 Å². The minimum absolute atomic E-state index is 0. The number of ketones is 2. The van der Waals surface area contributed by atoms with Crippen LogP contribution < -0.4 is 20.0 Å². The number of carbonyl (C=O) groups excluding carboxylic acids is 3. The molecular weight excluding hydrogens is 1370 g/mol. The van der Waals surface area contributed by atoms with Crippen molar-refractivity contribution < 1.29 is 72.6 Å². The highest BCUT2D eigenvalue weighted by Crippen LogP contribution is 2.42. The molecule has 0 unspecified atom stereocenters. The van der Waals surface area contributed by atoms with Crippen LogP contribution in [0.3, 0.4) is 0 Å². The molecule has 21 nitrogen and oxygen atoms in total. The number of fused-ring (bicyclic) bond motifs is 1. The Bertz CT molecular complexity index is 4410. The number of nitrogens with two attached hydrogens (primary N) is 1. The van der Waals surface area contributed by atoms with E-state index in [-0.39, 0.29) is 46.3 Å². The Morgan fingerprint density at radius 2 is 0.942 bits per heavy atom. The highest BCUT2D eigenvalue weighted by atomic mass is 32.2. The predicted octanol–water partition coefficient (Wildman–Crippen LogP) is 13.5. The third kappa shape index (κ3) is 23.3. The summed E-state index contributed by atoms with van der Waals surface area (Å²) in [6.07, 6.45) is 19.2. The first-order valence-corrected chi connectivity index (χ1v) is 39.3. The molecule has 4 N–H and O–H groups in total. The summed E-state index contributed by atoms with van der Waals surface area (Å²) in [7, 11) is -10.5. The van der Waals surface area contributed by atoms with Crippen LogP contribution in [0.2, 0.25) is 0 Å². The molecule has 8 aromatic rings. The van der Waals surface area contributed by atoms with Crippen molar-refractivity contribution in [1.29, 1.82) is 0 Å². The molecule has 2 aromatic heterocycles. The molecule has 24 heteroatoms. The fourth-order valence-corrected chi connectivity index (χ4v) is 14.8. The zero-order chi connectivity index (χ0) is 72.2. The number of rotatable bonds is 17. The van der Waals surface area contributed by atoms with Crippen molar-refractivity contribution >= 4 is 59.1 Å². The molecule has 0 bridgehead atoms. The molecule has 7 aliphatic rings. The van der Waals surface area contributed by atoms with Crippen molar-refractivity contribution in [2.24, 2.45) is 10.8 Å². The van der Waals surface area contributed by atoms with E-state index in [4.69, 9.17) is 38.7 Å². The summed E-state index contributed by atoms with van der Waals surface area (Å²) in [6.45, 7) is 9.16. The maximum absolute atomic E-state index is 12.4. The molecule has 15 rings (SSSR count). The van der Waals surface area contributed by atoms with Gasteiger partial charge >= 0.3 is 0 Å². The van der Waals surface area contributed by atoms with Crippen molar-refractivity contribution in [2.75, 3.05) is 45.5 Å². The number of hydrogen-bond donors (Lipinski definition) is 3. The Hall–Kier alpha value is -8.46. The van der Waals surface area contributed by atoms with Crippen LogP contribution in [0.15, 0.2) is 190 Å². The number of phenols is 1. The highest BCUT2D eigenvalue weighted by molar-refractivity contribution is 7.91. The number of Topliss-reactive ketones (excluding diaryl/α,β-unsaturated/α-hetero) is 2. The third-order valence-electron chi connectivity index (χ3n) is 18.8. The molecule has 7 fully saturated rings. The molecule has 4 aliphatic carbocycles. The molecule has 550 valence electrons. The number of ether oxygens (including phenoxy) is 5. The second kappa shape index (κ2) is 37.3. The summed E-state index contributed by atoms with van der Waals surface area (Å²) >= 11 is 0. The minimum Gasteiger partial charge on any atom is -0.508 e. The van der Waals surface area contributed by atoms with Crippen LogP contribution in [0, 0.1) is 20.8 Å². The number of benzene rings is 6. The number of carbonyl (C=O) groups is 3. The van der Waals surface area contributed by atoms with Crippen LogP contribution >= 0.6 is 0 Å². The number of nitrogens with one attached hydrogen (secondary N) is 1. The molecule has 3 saturated heterocycles. The standard InChI is InChI=1S/C22H26N2O4S.C15H18O3.C12H14O2.C11H10N2O.C10H12O4S.C8H11NO2S.CH4/c1-16-2-12-22(13-3-16)29(25,26)24-23-19-8-4-17(5-9-19)18-6-10-20(11-7-18)28-21-14-27-15-21;16-13-5-1-11(2-6-13)12-3-7-14(8-4-12)18-15-9-17-10-15;13-11-5-1-9(2-6-11)10-3-7-12(14)8-4-10;14-6-10-9(8-1-2-8)3-4-13-7-12-5-11(10)13;1-8-2-4-10(5-3-8)15(11,12)14-9-6-13-7-9;1-7-2-4-8(5-3-7)12(10,11)6-9;/h2-3,6-7,10-13,17,21,24H,4-5,8-9,14-15H2,1H3;3-4,7-8,11,15H,1-2,5-6,9-10H2;1-2,5-6,10,13H,3-4,7-8H2;3-8H,1-2H2;2-5,9H,6-7H2,1H3;2-5H,6,9H2,1H3;1H4. The van der Waals surface area contributed by atoms with Crippen LogP contribution in [0.25, 0.3) is 5.52 Å². The van der Waals surface area contributed by atoms with Gasteiger partial charge in [-0.25, -0.2) is 18.2 Å². The SMILES string of the molecule is C.Cc1ccc(S(=O)(=O)CN)cc1.Cc1ccc(S(=O)(=O)NN=C2CCC(c3ccc(OC4COC4)cc3)CC2)cc1.Cc1ccc(S(=O)(=O)OC2COC2)cc1.O=C1CCC(c2ccc(O)cc2)CC1.O=C1CCC(c2ccc(OC3COC3)cc2)CC1.O=Cc1c(C2CC2)ccn2cncc12. The Labute approximate surface area is 605 Å². The zero-order valence-electron chi connectivity index (χ0n) is 57.8. The Morgan fingerprint density at radius 3 is 1.34 bits per heavy atom. The molecule has 0 atom stereocenters. The summed E-state index contributed by atoms with van der Waals surface area (Å²) in [6, 6.07) is 46.0. The van der Waals surface area contributed by atoms with Gasteiger partial charge in [0.2, 0.25) is 0 Å². The second-order valence-electron chi connectivity index (χ2n) is 26.7. The van der Waals surface area contributed by atoms with Crippen LogP contribution in [0.5, 0.6) is 17.2 Å². The molecule has 103 heavy (non-hydrogen) atoms. The number of aromatic hydroxyl groups is 1. The number of aldehydes is 1. The molecule has 0 spiro atoms. The number of aromatic nitrogens is 2. The van der Waals surface area contributed by atoms with Gasteiger partial charge in [-0.15, -0.1) is 0 Å². The smallest absolute Gasteiger partial charge is 0.297 e. The number of phenolic OH excluding ortho intramolecular Hbond substituents is 1. The van der Waals surface area contributed by atoms with Gasteiger partial charge in [-0.1, -0.05) is 96.9 Å². The number of aryl methyl sites for hydroxylation is 3. The molecule has 5 heterocycles. The van der Waals surface area contributed by atoms with E-state index in [1.54, 1.807) is 97.5 Å². The summed E-state index contributed by atoms with van der Waals surface area (Å²) in [5, 5.41) is 13.3. The molecule has 6 aromatic carbocycles. The average Bonchev–Trinajstić information content (AvgIpc) is 1.65. The Kier molecular flexibility index (Phi) is 28.5. The summed E-state index contributed by atoms with van der Waals surface area (Å²) in [5.41, 5.74) is 15.9. The Balaban J connectivity index is 0.000000148. The van der Waals surface area contributed by atoms with Gasteiger partial charge in [0, 0.05) is 43.2 Å². The van der Waals surface area contributed by atoms with Crippen LogP contribution in [0.4, 0.5) is 0 Å². The van der Waals surface area contributed by atoms with E-state index in [0.29, 0.717) is 93.5 Å². The van der Waals surface area contributed by atoms with Crippen molar-refractivity contribution in [1.82, 2.24) is 14.2 Å².